The summed E-state index contributed by atoms with van der Waals surface area (Å²) in [5.74, 6) is 1.34. The van der Waals surface area contributed by atoms with Gasteiger partial charge in [-0.3, -0.25) is 9.69 Å². The summed E-state index contributed by atoms with van der Waals surface area (Å²) < 4.78 is 0. The normalized spacial score (nSPS) is 18.8. The maximum atomic E-state index is 11.0. The second-order valence-electron chi connectivity index (χ2n) is 3.81. The number of piperidine rings is 1. The Morgan fingerprint density at radius 2 is 2.21 bits per heavy atom. The fourth-order valence-electron chi connectivity index (χ4n) is 1.75. The summed E-state index contributed by atoms with van der Waals surface area (Å²) in [5, 5.41) is 0. The monoisotopic (exact) mass is 193 g/mol. The molecule has 0 bridgehead atoms. The average Bonchev–Trinajstić information content (AvgIpc) is 2.56. The maximum Gasteiger partial charge on any atom is 0.135 e. The van der Waals surface area contributed by atoms with Crippen molar-refractivity contribution in [3.63, 3.8) is 0 Å². The molecular weight excluding hydrogens is 178 g/mol. The van der Waals surface area contributed by atoms with Gasteiger partial charge in [0, 0.05) is 44.4 Å². The van der Waals surface area contributed by atoms with Crippen molar-refractivity contribution in [3.05, 3.63) is 17.7 Å². The fraction of sp³-hybridized carbons (Fsp3) is 0.600. The van der Waals surface area contributed by atoms with Gasteiger partial charge in [0.1, 0.15) is 11.6 Å². The first-order valence-corrected chi connectivity index (χ1v) is 4.98. The third kappa shape index (κ3) is 2.20. The number of aromatic amines is 1. The fourth-order valence-corrected chi connectivity index (χ4v) is 1.75. The number of ketones is 1. The van der Waals surface area contributed by atoms with Gasteiger partial charge in [0.2, 0.25) is 0 Å². The summed E-state index contributed by atoms with van der Waals surface area (Å²) in [6, 6.07) is 0. The van der Waals surface area contributed by atoms with Crippen LogP contribution < -0.4 is 0 Å². The summed E-state index contributed by atoms with van der Waals surface area (Å²) in [6.45, 7) is 4.60. The molecule has 0 unspecified atom stereocenters. The van der Waals surface area contributed by atoms with Crippen LogP contribution in [-0.2, 0) is 11.3 Å². The van der Waals surface area contributed by atoms with Crippen LogP contribution in [0.5, 0.6) is 0 Å². The van der Waals surface area contributed by atoms with Gasteiger partial charge in [-0.25, -0.2) is 4.98 Å². The van der Waals surface area contributed by atoms with Crippen molar-refractivity contribution in [2.45, 2.75) is 26.3 Å². The Hall–Kier alpha value is -1.16. The Labute approximate surface area is 83.3 Å². The molecule has 0 radical (unpaired) electrons. The third-order valence-corrected chi connectivity index (χ3v) is 2.56. The number of likely N-dealkylation sites (tertiary alicyclic amines) is 1. The molecular formula is C10H15N3O. The molecule has 14 heavy (non-hydrogen) atoms. The standard InChI is InChI=1S/C10H15N3O/c1-8-11-6-9(12-8)7-13-4-2-10(14)3-5-13/h6H,2-5,7H2,1H3,(H,11,12). The molecule has 1 aromatic rings. The van der Waals surface area contributed by atoms with Crippen LogP contribution in [0.4, 0.5) is 0 Å². The van der Waals surface area contributed by atoms with Crippen LogP contribution in [0.25, 0.3) is 0 Å². The summed E-state index contributed by atoms with van der Waals surface area (Å²) in [6.07, 6.45) is 3.27. The van der Waals surface area contributed by atoms with Gasteiger partial charge in [0.15, 0.2) is 0 Å². The van der Waals surface area contributed by atoms with E-state index >= 15 is 0 Å². The van der Waals surface area contributed by atoms with Crippen LogP contribution in [-0.4, -0.2) is 33.7 Å². The average molecular weight is 193 g/mol. The van der Waals surface area contributed by atoms with Crippen LogP contribution in [0, 0.1) is 6.92 Å². The van der Waals surface area contributed by atoms with Gasteiger partial charge in [-0.1, -0.05) is 0 Å². The highest BCUT2D eigenvalue weighted by Crippen LogP contribution is 2.09. The number of H-pyrrole nitrogens is 1. The van der Waals surface area contributed by atoms with Gasteiger partial charge in [-0.05, 0) is 6.92 Å². The van der Waals surface area contributed by atoms with Crippen molar-refractivity contribution in [1.82, 2.24) is 14.9 Å². The number of hydrogen-bond donors (Lipinski definition) is 1. The van der Waals surface area contributed by atoms with Gasteiger partial charge >= 0.3 is 0 Å². The number of hydrogen-bond acceptors (Lipinski definition) is 3. The highest BCUT2D eigenvalue weighted by Gasteiger charge is 2.16. The minimum atomic E-state index is 0.391. The molecule has 1 fully saturated rings. The van der Waals surface area contributed by atoms with Crippen molar-refractivity contribution in [2.24, 2.45) is 0 Å². The lowest BCUT2D eigenvalue weighted by molar-refractivity contribution is -0.121. The molecule has 4 heteroatoms. The summed E-state index contributed by atoms with van der Waals surface area (Å²) >= 11 is 0. The first-order chi connectivity index (χ1) is 6.74. The van der Waals surface area contributed by atoms with Gasteiger partial charge in [0.05, 0.1) is 0 Å². The van der Waals surface area contributed by atoms with Crippen molar-refractivity contribution in [1.29, 1.82) is 0 Å². The molecule has 1 N–H and O–H groups in total. The lowest BCUT2D eigenvalue weighted by Crippen LogP contribution is -2.33. The first kappa shape index (κ1) is 9.40. The second-order valence-corrected chi connectivity index (χ2v) is 3.81. The van der Waals surface area contributed by atoms with E-state index in [1.54, 1.807) is 0 Å². The van der Waals surface area contributed by atoms with Crippen LogP contribution in [0.1, 0.15) is 24.4 Å². The summed E-state index contributed by atoms with van der Waals surface area (Å²) in [4.78, 5) is 20.6. The van der Waals surface area contributed by atoms with Crippen LogP contribution >= 0.6 is 0 Å². The Kier molecular flexibility index (Phi) is 2.63. The maximum absolute atomic E-state index is 11.0. The summed E-state index contributed by atoms with van der Waals surface area (Å²) in [5.41, 5.74) is 1.14. The van der Waals surface area contributed by atoms with E-state index < -0.39 is 0 Å². The van der Waals surface area contributed by atoms with Crippen molar-refractivity contribution < 1.29 is 4.79 Å². The van der Waals surface area contributed by atoms with E-state index in [4.69, 9.17) is 0 Å². The molecule has 0 amide bonds. The minimum Gasteiger partial charge on any atom is -0.345 e. The molecule has 4 nitrogen and oxygen atoms in total. The quantitative estimate of drug-likeness (QED) is 0.758. The number of carbonyl (C=O) groups is 1. The van der Waals surface area contributed by atoms with E-state index in [1.165, 1.54) is 0 Å². The van der Waals surface area contributed by atoms with Gasteiger partial charge in [0.25, 0.3) is 0 Å². The highest BCUT2D eigenvalue weighted by molar-refractivity contribution is 5.79. The Bertz CT molecular complexity index is 322. The molecule has 2 rings (SSSR count). The molecule has 0 aliphatic carbocycles. The van der Waals surface area contributed by atoms with Crippen molar-refractivity contribution >= 4 is 5.78 Å². The second kappa shape index (κ2) is 3.92. The number of carbonyl (C=O) groups excluding carboxylic acids is 1. The Balaban J connectivity index is 1.89. The van der Waals surface area contributed by atoms with E-state index in [0.29, 0.717) is 18.6 Å². The Morgan fingerprint density at radius 1 is 1.50 bits per heavy atom. The van der Waals surface area contributed by atoms with Crippen LogP contribution in [0.3, 0.4) is 0 Å². The zero-order valence-corrected chi connectivity index (χ0v) is 8.42. The van der Waals surface area contributed by atoms with Crippen LogP contribution in [0.2, 0.25) is 0 Å². The lowest BCUT2D eigenvalue weighted by Gasteiger charge is -2.24. The van der Waals surface area contributed by atoms with Gasteiger partial charge in [-0.2, -0.15) is 0 Å². The highest BCUT2D eigenvalue weighted by atomic mass is 16.1. The number of rotatable bonds is 2. The lowest BCUT2D eigenvalue weighted by atomic mass is 10.1. The largest absolute Gasteiger partial charge is 0.345 e. The summed E-state index contributed by atoms with van der Waals surface area (Å²) in [7, 11) is 0. The zero-order chi connectivity index (χ0) is 9.97. The number of nitrogens with one attached hydrogen (secondary N) is 1. The molecule has 0 aromatic carbocycles. The predicted octanol–water partition coefficient (Wildman–Crippen LogP) is 0.883. The molecule has 1 aliphatic rings. The predicted molar refractivity (Wildman–Crippen MR) is 52.8 cm³/mol. The van der Waals surface area contributed by atoms with Crippen molar-refractivity contribution in [3.8, 4) is 0 Å². The Morgan fingerprint density at radius 3 is 2.79 bits per heavy atom. The zero-order valence-electron chi connectivity index (χ0n) is 8.42. The van der Waals surface area contributed by atoms with E-state index in [2.05, 4.69) is 14.9 Å². The minimum absolute atomic E-state index is 0.391. The number of aromatic nitrogens is 2. The van der Waals surface area contributed by atoms with E-state index in [0.717, 1.165) is 31.2 Å². The van der Waals surface area contributed by atoms with E-state index in [1.807, 2.05) is 13.1 Å². The SMILES string of the molecule is Cc1ncc(CN2CCC(=O)CC2)[nH]1. The van der Waals surface area contributed by atoms with Gasteiger partial charge < -0.3 is 4.98 Å². The van der Waals surface area contributed by atoms with Crippen molar-refractivity contribution in [2.75, 3.05) is 13.1 Å². The van der Waals surface area contributed by atoms with Crippen LogP contribution in [0.15, 0.2) is 6.20 Å². The number of Topliss-reactive ketones (excluding diaryl/α,β-unsaturated/α-hetero) is 1. The molecule has 2 heterocycles. The smallest absolute Gasteiger partial charge is 0.135 e. The molecule has 76 valence electrons. The molecule has 0 atom stereocenters. The van der Waals surface area contributed by atoms with Gasteiger partial charge in [-0.15, -0.1) is 0 Å². The molecule has 1 aliphatic heterocycles. The molecule has 0 saturated carbocycles. The molecule has 0 spiro atoms. The first-order valence-electron chi connectivity index (χ1n) is 4.98. The topological polar surface area (TPSA) is 49.0 Å². The van der Waals surface area contributed by atoms with E-state index in [-0.39, 0.29) is 0 Å². The molecule has 1 saturated heterocycles. The number of nitrogens with zero attached hydrogens (tertiary/aromatic N) is 2. The molecule has 1 aromatic heterocycles. The number of aryl methyl sites for hydroxylation is 1. The van der Waals surface area contributed by atoms with E-state index in [9.17, 15) is 4.79 Å². The third-order valence-electron chi connectivity index (χ3n) is 2.56. The number of imidazole rings is 1.